The molecule has 1 N–H and O–H groups in total. The summed E-state index contributed by atoms with van der Waals surface area (Å²) in [7, 11) is 0. The molecule has 0 spiro atoms. The molecule has 20 heavy (non-hydrogen) atoms. The van der Waals surface area contributed by atoms with E-state index < -0.39 is 0 Å². The van der Waals surface area contributed by atoms with Gasteiger partial charge in [0.25, 0.3) is 0 Å². The van der Waals surface area contributed by atoms with E-state index in [0.717, 1.165) is 36.2 Å². The summed E-state index contributed by atoms with van der Waals surface area (Å²) in [5.41, 5.74) is 1.34. The maximum atomic E-state index is 5.67. The van der Waals surface area contributed by atoms with Crippen molar-refractivity contribution in [3.8, 4) is 5.06 Å². The maximum Gasteiger partial charge on any atom is 0.195 e. The van der Waals surface area contributed by atoms with Gasteiger partial charge in [-0.1, -0.05) is 61.4 Å². The Labute approximate surface area is 125 Å². The fraction of sp³-hybridized carbons (Fsp3) is 0.438. The molecule has 0 saturated carbocycles. The number of nitrogens with one attached hydrogen (secondary N) is 1. The third-order valence-electron chi connectivity index (χ3n) is 3.01. The van der Waals surface area contributed by atoms with E-state index in [9.17, 15) is 0 Å². The van der Waals surface area contributed by atoms with E-state index in [2.05, 4.69) is 41.5 Å². The lowest BCUT2D eigenvalue weighted by atomic mass is 10.2. The molecule has 0 aliphatic carbocycles. The first-order valence-electron chi connectivity index (χ1n) is 7.25. The van der Waals surface area contributed by atoms with Crippen molar-refractivity contribution in [2.24, 2.45) is 0 Å². The summed E-state index contributed by atoms with van der Waals surface area (Å²) < 4.78 is 5.67. The zero-order chi connectivity index (χ0) is 14.0. The fourth-order valence-electron chi connectivity index (χ4n) is 1.89. The molecule has 2 aromatic rings. The van der Waals surface area contributed by atoms with Crippen LogP contribution >= 0.6 is 11.3 Å². The van der Waals surface area contributed by atoms with Gasteiger partial charge in [-0.2, -0.15) is 0 Å². The first-order chi connectivity index (χ1) is 9.88. The van der Waals surface area contributed by atoms with E-state index in [1.54, 1.807) is 11.3 Å². The van der Waals surface area contributed by atoms with Crippen LogP contribution in [0.25, 0.3) is 0 Å². The Kier molecular flexibility index (Phi) is 6.38. The highest BCUT2D eigenvalue weighted by Gasteiger charge is 2.02. The number of rotatable bonds is 9. The molecule has 0 bridgehead atoms. The lowest BCUT2D eigenvalue weighted by Crippen LogP contribution is -2.04. The molecule has 1 aromatic heterocycles. The molecule has 0 unspecified atom stereocenters. The van der Waals surface area contributed by atoms with Crippen molar-refractivity contribution in [1.29, 1.82) is 0 Å². The van der Waals surface area contributed by atoms with Crippen molar-refractivity contribution >= 4 is 16.5 Å². The molecule has 3 nitrogen and oxygen atoms in total. The van der Waals surface area contributed by atoms with Crippen molar-refractivity contribution in [2.45, 2.75) is 32.6 Å². The molecule has 108 valence electrons. The minimum absolute atomic E-state index is 0.791. The summed E-state index contributed by atoms with van der Waals surface area (Å²) in [6.07, 6.45) is 6.37. The van der Waals surface area contributed by atoms with E-state index in [1.165, 1.54) is 18.4 Å². The van der Waals surface area contributed by atoms with Crippen molar-refractivity contribution in [3.05, 3.63) is 42.1 Å². The van der Waals surface area contributed by atoms with Crippen LogP contribution in [0.5, 0.6) is 5.06 Å². The summed E-state index contributed by atoms with van der Waals surface area (Å²) in [5, 5.41) is 5.18. The summed E-state index contributed by atoms with van der Waals surface area (Å²) in [6.45, 7) is 3.88. The molecular weight excluding hydrogens is 268 g/mol. The molecular formula is C16H22N2OS. The van der Waals surface area contributed by atoms with Crippen LogP contribution in [0.3, 0.4) is 0 Å². The van der Waals surface area contributed by atoms with Gasteiger partial charge in [0.1, 0.15) is 0 Å². The van der Waals surface area contributed by atoms with Crippen molar-refractivity contribution < 1.29 is 4.74 Å². The second-order valence-electron chi connectivity index (χ2n) is 4.70. The van der Waals surface area contributed by atoms with Gasteiger partial charge < -0.3 is 10.1 Å². The third kappa shape index (κ3) is 5.21. The van der Waals surface area contributed by atoms with Crippen LogP contribution in [0.4, 0.5) is 5.13 Å². The smallest absolute Gasteiger partial charge is 0.195 e. The van der Waals surface area contributed by atoms with Crippen LogP contribution < -0.4 is 10.1 Å². The van der Waals surface area contributed by atoms with Gasteiger partial charge in [-0.15, -0.1) is 0 Å². The molecule has 0 amide bonds. The highest BCUT2D eigenvalue weighted by atomic mass is 32.1. The fourth-order valence-corrected chi connectivity index (χ4v) is 2.61. The highest BCUT2D eigenvalue weighted by molar-refractivity contribution is 7.17. The molecule has 0 fully saturated rings. The molecule has 4 heteroatoms. The monoisotopic (exact) mass is 290 g/mol. The predicted octanol–water partition coefficient (Wildman–Crippen LogP) is 4.37. The summed E-state index contributed by atoms with van der Waals surface area (Å²) in [6, 6.07) is 10.5. The summed E-state index contributed by atoms with van der Waals surface area (Å²) in [4.78, 5) is 4.33. The van der Waals surface area contributed by atoms with Gasteiger partial charge in [0.2, 0.25) is 0 Å². The van der Waals surface area contributed by atoms with Gasteiger partial charge in [0, 0.05) is 6.54 Å². The topological polar surface area (TPSA) is 34.1 Å². The highest BCUT2D eigenvalue weighted by Crippen LogP contribution is 2.25. The number of hydrogen-bond acceptors (Lipinski definition) is 4. The van der Waals surface area contributed by atoms with Crippen LogP contribution in [0.2, 0.25) is 0 Å². The number of ether oxygens (including phenoxy) is 1. The lowest BCUT2D eigenvalue weighted by Gasteiger charge is -2.03. The van der Waals surface area contributed by atoms with E-state index >= 15 is 0 Å². The average Bonchev–Trinajstić information content (AvgIpc) is 2.93. The van der Waals surface area contributed by atoms with Gasteiger partial charge in [-0.3, -0.25) is 0 Å². The summed E-state index contributed by atoms with van der Waals surface area (Å²) in [5.74, 6) is 0. The van der Waals surface area contributed by atoms with Gasteiger partial charge >= 0.3 is 0 Å². The van der Waals surface area contributed by atoms with Gasteiger partial charge in [-0.05, 0) is 18.4 Å². The van der Waals surface area contributed by atoms with E-state index in [0.29, 0.717) is 0 Å². The number of hydrogen-bond donors (Lipinski definition) is 1. The standard InChI is InChI=1S/C16H22N2OS/c1-2-3-7-12-19-15-13-18-16(20-15)17-11-10-14-8-5-4-6-9-14/h4-6,8-9,13H,2-3,7,10-12H2,1H3,(H,17,18). The van der Waals surface area contributed by atoms with Crippen LogP contribution in [-0.4, -0.2) is 18.1 Å². The van der Waals surface area contributed by atoms with Crippen LogP contribution in [0.15, 0.2) is 36.5 Å². The van der Waals surface area contributed by atoms with E-state index in [4.69, 9.17) is 4.74 Å². The quantitative estimate of drug-likeness (QED) is 0.696. The zero-order valence-electron chi connectivity index (χ0n) is 12.0. The number of aromatic nitrogens is 1. The lowest BCUT2D eigenvalue weighted by molar-refractivity contribution is 0.314. The SMILES string of the molecule is CCCCCOc1cnc(NCCc2ccccc2)s1. The van der Waals surface area contributed by atoms with Crippen LogP contribution in [-0.2, 0) is 6.42 Å². The molecule has 0 radical (unpaired) electrons. The van der Waals surface area contributed by atoms with Gasteiger partial charge in [0.05, 0.1) is 12.8 Å². The summed E-state index contributed by atoms with van der Waals surface area (Å²) >= 11 is 1.58. The van der Waals surface area contributed by atoms with Crippen LogP contribution in [0.1, 0.15) is 31.7 Å². The first kappa shape index (κ1) is 14.9. The average molecular weight is 290 g/mol. The molecule has 2 rings (SSSR count). The Morgan fingerprint density at radius 2 is 2.05 bits per heavy atom. The van der Waals surface area contributed by atoms with Crippen molar-refractivity contribution in [1.82, 2.24) is 4.98 Å². The Hall–Kier alpha value is -1.55. The van der Waals surface area contributed by atoms with E-state index in [1.807, 2.05) is 12.3 Å². The minimum atomic E-state index is 0.791. The Balaban J connectivity index is 1.67. The number of unbranched alkanes of at least 4 members (excludes halogenated alkanes) is 2. The molecule has 0 saturated heterocycles. The van der Waals surface area contributed by atoms with Crippen molar-refractivity contribution in [3.63, 3.8) is 0 Å². The van der Waals surface area contributed by atoms with E-state index in [-0.39, 0.29) is 0 Å². The molecule has 0 atom stereocenters. The second-order valence-corrected chi connectivity index (χ2v) is 5.70. The van der Waals surface area contributed by atoms with Gasteiger partial charge in [-0.25, -0.2) is 4.98 Å². The number of benzene rings is 1. The number of nitrogens with zero attached hydrogens (tertiary/aromatic N) is 1. The third-order valence-corrected chi connectivity index (χ3v) is 3.88. The number of thiazole rings is 1. The molecule has 0 aliphatic heterocycles. The minimum Gasteiger partial charge on any atom is -0.483 e. The zero-order valence-corrected chi connectivity index (χ0v) is 12.8. The predicted molar refractivity (Wildman–Crippen MR) is 85.8 cm³/mol. The largest absolute Gasteiger partial charge is 0.483 e. The first-order valence-corrected chi connectivity index (χ1v) is 8.06. The Morgan fingerprint density at radius 3 is 2.85 bits per heavy atom. The second kappa shape index (κ2) is 8.59. The Morgan fingerprint density at radius 1 is 1.20 bits per heavy atom. The number of anilines is 1. The normalized spacial score (nSPS) is 10.4. The van der Waals surface area contributed by atoms with Gasteiger partial charge in [0.15, 0.2) is 10.2 Å². The molecule has 1 heterocycles. The molecule has 0 aliphatic rings. The van der Waals surface area contributed by atoms with Crippen molar-refractivity contribution in [2.75, 3.05) is 18.5 Å². The maximum absolute atomic E-state index is 5.67. The van der Waals surface area contributed by atoms with Crippen LogP contribution in [0, 0.1) is 0 Å². The Bertz CT molecular complexity index is 484. The molecule has 1 aromatic carbocycles.